The van der Waals surface area contributed by atoms with Gasteiger partial charge in [-0.25, -0.2) is 19.9 Å². The van der Waals surface area contributed by atoms with Gasteiger partial charge in [0, 0.05) is 97.3 Å². The number of piperazine rings is 2. The molecule has 2 aliphatic heterocycles. The largest absolute Gasteiger partial charge is 0.354 e. The number of rotatable bonds is 6. The molecular weight excluding hydrogens is 404 g/mol. The van der Waals surface area contributed by atoms with Crippen molar-refractivity contribution in [2.24, 2.45) is 14.1 Å². The molecule has 5 rings (SSSR count). The van der Waals surface area contributed by atoms with Crippen LogP contribution < -0.4 is 9.80 Å². The Balaban J connectivity index is 1.14. The smallest absolute Gasteiger partial charge is 0.134 e. The van der Waals surface area contributed by atoms with Crippen LogP contribution in [0, 0.1) is 0 Å². The first-order valence-electron chi connectivity index (χ1n) is 11.3. The van der Waals surface area contributed by atoms with Crippen LogP contribution >= 0.6 is 0 Å². The molecule has 2 aliphatic rings. The van der Waals surface area contributed by atoms with Crippen molar-refractivity contribution >= 4 is 11.6 Å². The molecule has 0 spiro atoms. The Morgan fingerprint density at radius 1 is 0.625 bits per heavy atom. The Hall–Kier alpha value is -2.98. The van der Waals surface area contributed by atoms with Gasteiger partial charge in [-0.3, -0.25) is 9.80 Å². The van der Waals surface area contributed by atoms with Gasteiger partial charge >= 0.3 is 0 Å². The highest BCUT2D eigenvalue weighted by Crippen LogP contribution is 2.21. The molecule has 0 aromatic carbocycles. The SMILES string of the molecule is Cn1ccnc1CN1CCN(c2cc(N3CCN(Cc4nccn4C)CC3)ncn2)CC1. The van der Waals surface area contributed by atoms with E-state index in [2.05, 4.69) is 68.8 Å². The lowest BCUT2D eigenvalue weighted by Crippen LogP contribution is -2.47. The molecule has 0 radical (unpaired) electrons. The molecule has 0 aliphatic carbocycles. The Labute approximate surface area is 189 Å². The predicted octanol–water partition coefficient (Wildman–Crippen LogP) is 0.588. The normalized spacial score (nSPS) is 18.4. The topological polar surface area (TPSA) is 74.4 Å². The van der Waals surface area contributed by atoms with E-state index in [-0.39, 0.29) is 0 Å². The average molecular weight is 437 g/mol. The molecule has 10 nitrogen and oxygen atoms in total. The molecule has 10 heteroatoms. The molecule has 170 valence electrons. The Kier molecular flexibility index (Phi) is 6.04. The summed E-state index contributed by atoms with van der Waals surface area (Å²) in [6.45, 7) is 9.73. The second-order valence-corrected chi connectivity index (χ2v) is 8.67. The summed E-state index contributed by atoms with van der Waals surface area (Å²) in [6.07, 6.45) is 9.46. The second kappa shape index (κ2) is 9.25. The zero-order valence-electron chi connectivity index (χ0n) is 19.0. The summed E-state index contributed by atoms with van der Waals surface area (Å²) in [7, 11) is 4.11. The van der Waals surface area contributed by atoms with E-state index in [0.29, 0.717) is 0 Å². The monoisotopic (exact) mass is 436 g/mol. The number of anilines is 2. The molecule has 3 aromatic heterocycles. The van der Waals surface area contributed by atoms with E-state index in [1.807, 2.05) is 24.8 Å². The maximum absolute atomic E-state index is 4.58. The summed E-state index contributed by atoms with van der Waals surface area (Å²) in [5.74, 6) is 4.29. The van der Waals surface area contributed by atoms with E-state index in [4.69, 9.17) is 0 Å². The molecule has 0 N–H and O–H groups in total. The molecule has 0 atom stereocenters. The van der Waals surface area contributed by atoms with Gasteiger partial charge in [-0.1, -0.05) is 0 Å². The Morgan fingerprint density at radius 3 is 1.44 bits per heavy atom. The van der Waals surface area contributed by atoms with Crippen molar-refractivity contribution in [3.63, 3.8) is 0 Å². The molecule has 0 saturated carbocycles. The lowest BCUT2D eigenvalue weighted by atomic mass is 10.2. The quantitative estimate of drug-likeness (QED) is 0.556. The van der Waals surface area contributed by atoms with E-state index in [9.17, 15) is 0 Å². The maximum Gasteiger partial charge on any atom is 0.134 e. The van der Waals surface area contributed by atoms with Crippen LogP contribution in [0.25, 0.3) is 0 Å². The van der Waals surface area contributed by atoms with Gasteiger partial charge < -0.3 is 18.9 Å². The first kappa shape index (κ1) is 20.9. The standard InChI is InChI=1S/C22H32N10/c1-27-5-3-23-21(27)16-29-7-11-31(12-8-29)19-15-20(26-18-25-19)32-13-9-30(10-14-32)17-22-24-4-6-28(22)2/h3-6,15,18H,7-14,16-17H2,1-2H3. The number of imidazole rings is 2. The van der Waals surface area contributed by atoms with Gasteiger partial charge in [0.2, 0.25) is 0 Å². The summed E-state index contributed by atoms with van der Waals surface area (Å²) in [4.78, 5) is 27.7. The highest BCUT2D eigenvalue weighted by molar-refractivity contribution is 5.50. The minimum Gasteiger partial charge on any atom is -0.354 e. The van der Waals surface area contributed by atoms with Crippen LogP contribution in [-0.4, -0.2) is 91.2 Å². The van der Waals surface area contributed by atoms with Crippen molar-refractivity contribution < 1.29 is 0 Å². The molecule has 2 fully saturated rings. The van der Waals surface area contributed by atoms with Crippen LogP contribution in [0.5, 0.6) is 0 Å². The third-order valence-electron chi connectivity index (χ3n) is 6.60. The average Bonchev–Trinajstić information content (AvgIpc) is 3.42. The Bertz CT molecular complexity index is 934. The summed E-state index contributed by atoms with van der Waals surface area (Å²) in [5, 5.41) is 0. The first-order chi connectivity index (χ1) is 15.7. The number of aryl methyl sites for hydroxylation is 2. The predicted molar refractivity (Wildman–Crippen MR) is 123 cm³/mol. The van der Waals surface area contributed by atoms with E-state index in [1.165, 1.54) is 0 Å². The number of hydrogen-bond donors (Lipinski definition) is 0. The van der Waals surface area contributed by atoms with Crippen molar-refractivity contribution in [3.05, 3.63) is 48.8 Å². The Morgan fingerprint density at radius 2 is 1.06 bits per heavy atom. The fourth-order valence-electron chi connectivity index (χ4n) is 4.45. The summed E-state index contributed by atoms with van der Waals surface area (Å²) in [5.41, 5.74) is 0. The third kappa shape index (κ3) is 4.61. The molecule has 3 aromatic rings. The molecule has 0 amide bonds. The van der Waals surface area contributed by atoms with Crippen LogP contribution in [0.2, 0.25) is 0 Å². The van der Waals surface area contributed by atoms with E-state index < -0.39 is 0 Å². The van der Waals surface area contributed by atoms with Crippen LogP contribution in [0.3, 0.4) is 0 Å². The first-order valence-corrected chi connectivity index (χ1v) is 11.3. The lowest BCUT2D eigenvalue weighted by molar-refractivity contribution is 0.240. The number of aromatic nitrogens is 6. The molecule has 0 unspecified atom stereocenters. The zero-order chi connectivity index (χ0) is 21.9. The summed E-state index contributed by atoms with van der Waals surface area (Å²) in [6, 6.07) is 2.16. The van der Waals surface area contributed by atoms with Gasteiger partial charge in [-0.2, -0.15) is 0 Å². The molecule has 0 bridgehead atoms. The minimum atomic E-state index is 0.898. The van der Waals surface area contributed by atoms with Gasteiger partial charge in [0.25, 0.3) is 0 Å². The van der Waals surface area contributed by atoms with Crippen molar-refractivity contribution in [1.82, 2.24) is 38.9 Å². The van der Waals surface area contributed by atoms with Crippen molar-refractivity contribution in [3.8, 4) is 0 Å². The van der Waals surface area contributed by atoms with Crippen LogP contribution in [0.4, 0.5) is 11.6 Å². The maximum atomic E-state index is 4.58. The molecule has 2 saturated heterocycles. The van der Waals surface area contributed by atoms with Crippen molar-refractivity contribution in [2.75, 3.05) is 62.2 Å². The fraction of sp³-hybridized carbons (Fsp3) is 0.545. The summed E-state index contributed by atoms with van der Waals surface area (Å²) < 4.78 is 4.19. The van der Waals surface area contributed by atoms with E-state index in [0.717, 1.165) is 88.7 Å². The highest BCUT2D eigenvalue weighted by Gasteiger charge is 2.22. The molecular formula is C22H32N10. The zero-order valence-corrected chi connectivity index (χ0v) is 19.0. The van der Waals surface area contributed by atoms with Crippen molar-refractivity contribution in [1.29, 1.82) is 0 Å². The molecule has 5 heterocycles. The number of hydrogen-bond acceptors (Lipinski definition) is 8. The van der Waals surface area contributed by atoms with Gasteiger partial charge in [0.05, 0.1) is 13.1 Å². The second-order valence-electron chi connectivity index (χ2n) is 8.67. The van der Waals surface area contributed by atoms with E-state index in [1.54, 1.807) is 6.33 Å². The molecule has 32 heavy (non-hydrogen) atoms. The van der Waals surface area contributed by atoms with Gasteiger partial charge in [-0.15, -0.1) is 0 Å². The highest BCUT2D eigenvalue weighted by atomic mass is 15.3. The van der Waals surface area contributed by atoms with E-state index >= 15 is 0 Å². The van der Waals surface area contributed by atoms with Gasteiger partial charge in [-0.05, 0) is 0 Å². The fourth-order valence-corrected chi connectivity index (χ4v) is 4.45. The summed E-state index contributed by atoms with van der Waals surface area (Å²) >= 11 is 0. The lowest BCUT2D eigenvalue weighted by Gasteiger charge is -2.37. The van der Waals surface area contributed by atoms with Gasteiger partial charge in [0.15, 0.2) is 0 Å². The minimum absolute atomic E-state index is 0.898. The van der Waals surface area contributed by atoms with Crippen LogP contribution in [-0.2, 0) is 27.2 Å². The number of nitrogens with zero attached hydrogens (tertiary/aromatic N) is 10. The van der Waals surface area contributed by atoms with Crippen LogP contribution in [0.15, 0.2) is 37.2 Å². The van der Waals surface area contributed by atoms with Crippen LogP contribution in [0.1, 0.15) is 11.6 Å². The van der Waals surface area contributed by atoms with Crippen molar-refractivity contribution in [2.45, 2.75) is 13.1 Å². The third-order valence-corrected chi connectivity index (χ3v) is 6.60. The van der Waals surface area contributed by atoms with Gasteiger partial charge in [0.1, 0.15) is 29.6 Å².